The smallest absolute Gasteiger partial charge is 0.391 e. The number of nitrogens with zero attached hydrogens (tertiary/aromatic N) is 4. The number of carbonyl (C=O) groups is 1. The molecule has 2 aliphatic heterocycles. The van der Waals surface area contributed by atoms with Crippen molar-refractivity contribution >= 4 is 17.9 Å². The van der Waals surface area contributed by atoms with Gasteiger partial charge in [-0.15, -0.1) is 0 Å². The highest BCUT2D eigenvalue weighted by atomic mass is 19.4. The monoisotopic (exact) mass is 536 g/mol. The first kappa shape index (κ1) is 27.8. The number of fused-ring (bicyclic) bond motifs is 1. The molecule has 3 heterocycles. The van der Waals surface area contributed by atoms with Crippen LogP contribution in [0.3, 0.4) is 0 Å². The van der Waals surface area contributed by atoms with E-state index in [-0.39, 0.29) is 42.8 Å². The van der Waals surface area contributed by atoms with E-state index in [4.69, 9.17) is 0 Å². The molecule has 206 valence electrons. The highest BCUT2D eigenvalue weighted by Gasteiger charge is 2.34. The molecular formula is C27H32F4N4O3. The topological polar surface area (TPSA) is 78.1 Å². The van der Waals surface area contributed by atoms with Gasteiger partial charge >= 0.3 is 6.18 Å². The standard InChI is InChI=1S/C27H32F4N4O3/c1-4-26(3)15-34(16-32-26)22-9-10-23-24(37)33(11-12-35(23)25(22)38)14-20(36)13-21(28)17(2)18-5-7-19(8-6-18)27(29,30)31/h5-10,16-17,20-21,36H,4,11-15H2,1-3H3/t17-,20-,21+,26?/m0/s1. The molecule has 0 saturated carbocycles. The number of carbonyl (C=O) groups excluding carboxylic acids is 1. The molecule has 0 radical (unpaired) electrons. The number of alkyl halides is 4. The van der Waals surface area contributed by atoms with Gasteiger partial charge in [0.2, 0.25) is 0 Å². The van der Waals surface area contributed by atoms with Crippen LogP contribution in [0.2, 0.25) is 0 Å². The molecule has 1 amide bonds. The second kappa shape index (κ2) is 10.5. The van der Waals surface area contributed by atoms with Gasteiger partial charge in [0.1, 0.15) is 17.6 Å². The highest BCUT2D eigenvalue weighted by molar-refractivity contribution is 5.94. The Kier molecular flexibility index (Phi) is 7.69. The number of β-amino-alcohol motifs (C(OH)–C–C–N with tert-alkyl or cyclic N) is 1. The van der Waals surface area contributed by atoms with Crippen molar-refractivity contribution in [3.63, 3.8) is 0 Å². The summed E-state index contributed by atoms with van der Waals surface area (Å²) in [5.74, 6) is -1.18. The van der Waals surface area contributed by atoms with E-state index in [1.54, 1.807) is 30.3 Å². The minimum absolute atomic E-state index is 0.122. The summed E-state index contributed by atoms with van der Waals surface area (Å²) in [6, 6.07) is 7.47. The number of anilines is 1. The van der Waals surface area contributed by atoms with Crippen LogP contribution in [0.5, 0.6) is 0 Å². The Morgan fingerprint density at radius 3 is 2.39 bits per heavy atom. The molecule has 0 saturated heterocycles. The number of aliphatic hydroxyl groups excluding tert-OH is 1. The Bertz CT molecular complexity index is 1260. The van der Waals surface area contributed by atoms with Gasteiger partial charge < -0.3 is 19.5 Å². The Morgan fingerprint density at radius 1 is 1.11 bits per heavy atom. The van der Waals surface area contributed by atoms with Crippen molar-refractivity contribution in [1.29, 1.82) is 0 Å². The summed E-state index contributed by atoms with van der Waals surface area (Å²) < 4.78 is 54.7. The third kappa shape index (κ3) is 5.62. The fourth-order valence-corrected chi connectivity index (χ4v) is 4.84. The van der Waals surface area contributed by atoms with Crippen molar-refractivity contribution in [3.8, 4) is 0 Å². The summed E-state index contributed by atoms with van der Waals surface area (Å²) in [5, 5.41) is 10.5. The van der Waals surface area contributed by atoms with E-state index in [9.17, 15) is 32.3 Å². The number of aliphatic hydroxyl groups is 1. The average Bonchev–Trinajstić information content (AvgIpc) is 3.27. The summed E-state index contributed by atoms with van der Waals surface area (Å²) in [4.78, 5) is 33.9. The first-order valence-corrected chi connectivity index (χ1v) is 12.7. The Balaban J connectivity index is 1.38. The van der Waals surface area contributed by atoms with Crippen molar-refractivity contribution in [1.82, 2.24) is 9.47 Å². The van der Waals surface area contributed by atoms with E-state index in [1.165, 1.54) is 21.6 Å². The Hall–Kier alpha value is -3.21. The van der Waals surface area contributed by atoms with Gasteiger partial charge in [-0.1, -0.05) is 26.0 Å². The molecule has 0 aliphatic carbocycles. The third-order valence-electron chi connectivity index (χ3n) is 7.58. The quantitative estimate of drug-likeness (QED) is 0.513. The van der Waals surface area contributed by atoms with Gasteiger partial charge in [-0.2, -0.15) is 13.2 Å². The fourth-order valence-electron chi connectivity index (χ4n) is 4.84. The molecule has 0 bridgehead atoms. The molecule has 1 N–H and O–H groups in total. The van der Waals surface area contributed by atoms with Gasteiger partial charge in [0.25, 0.3) is 11.5 Å². The zero-order valence-electron chi connectivity index (χ0n) is 21.6. The van der Waals surface area contributed by atoms with E-state index in [1.807, 2.05) is 13.8 Å². The normalized spacial score (nSPS) is 21.9. The molecule has 38 heavy (non-hydrogen) atoms. The van der Waals surface area contributed by atoms with Gasteiger partial charge in [0.05, 0.1) is 23.5 Å². The predicted octanol–water partition coefficient (Wildman–Crippen LogP) is 4.23. The van der Waals surface area contributed by atoms with Crippen molar-refractivity contribution in [2.75, 3.05) is 24.5 Å². The van der Waals surface area contributed by atoms with Crippen LogP contribution in [0.1, 0.15) is 61.1 Å². The van der Waals surface area contributed by atoms with Gasteiger partial charge in [-0.3, -0.25) is 14.6 Å². The summed E-state index contributed by atoms with van der Waals surface area (Å²) in [6.07, 6.45) is -5.00. The largest absolute Gasteiger partial charge is 0.416 e. The SMILES string of the molecule is CCC1(C)CN(c2ccc3n(c2=O)CCN(C[C@@H](O)C[C@@H](F)[C@@H](C)c2ccc(C(F)(F)F)cc2)C3=O)C=N1. The Labute approximate surface area is 218 Å². The zero-order chi connectivity index (χ0) is 27.8. The predicted molar refractivity (Wildman–Crippen MR) is 137 cm³/mol. The van der Waals surface area contributed by atoms with E-state index in [0.29, 0.717) is 17.8 Å². The highest BCUT2D eigenvalue weighted by Crippen LogP contribution is 2.32. The zero-order valence-corrected chi connectivity index (χ0v) is 21.6. The van der Waals surface area contributed by atoms with Crippen LogP contribution in [0.25, 0.3) is 0 Å². The number of benzene rings is 1. The molecule has 4 atom stereocenters. The van der Waals surface area contributed by atoms with E-state index in [2.05, 4.69) is 4.99 Å². The van der Waals surface area contributed by atoms with Crippen LogP contribution in [-0.4, -0.2) is 64.3 Å². The van der Waals surface area contributed by atoms with E-state index >= 15 is 0 Å². The van der Waals surface area contributed by atoms with Crippen molar-refractivity contribution < 1.29 is 27.5 Å². The van der Waals surface area contributed by atoms with Gasteiger partial charge in [-0.25, -0.2) is 4.39 Å². The molecule has 1 aromatic carbocycles. The number of rotatable bonds is 8. The molecule has 2 aromatic rings. The summed E-state index contributed by atoms with van der Waals surface area (Å²) in [5.41, 5.74) is -0.356. The average molecular weight is 537 g/mol. The molecule has 0 spiro atoms. The molecular weight excluding hydrogens is 504 g/mol. The number of aliphatic imine (C=N–C) groups is 1. The number of halogens is 4. The number of pyridine rings is 1. The van der Waals surface area contributed by atoms with Gasteiger partial charge in [0.15, 0.2) is 0 Å². The lowest BCUT2D eigenvalue weighted by atomic mass is 9.92. The van der Waals surface area contributed by atoms with E-state index < -0.39 is 35.8 Å². The molecule has 1 aromatic heterocycles. The van der Waals surface area contributed by atoms with Crippen LogP contribution < -0.4 is 10.5 Å². The first-order valence-electron chi connectivity index (χ1n) is 12.7. The molecule has 2 aliphatic rings. The molecule has 7 nitrogen and oxygen atoms in total. The lowest BCUT2D eigenvalue weighted by molar-refractivity contribution is -0.137. The third-order valence-corrected chi connectivity index (χ3v) is 7.58. The van der Waals surface area contributed by atoms with Gasteiger partial charge in [-0.05, 0) is 43.2 Å². The van der Waals surface area contributed by atoms with Crippen LogP contribution in [-0.2, 0) is 12.7 Å². The van der Waals surface area contributed by atoms with Crippen LogP contribution in [0.4, 0.5) is 23.2 Å². The molecule has 1 unspecified atom stereocenters. The second-order valence-corrected chi connectivity index (χ2v) is 10.3. The first-order chi connectivity index (χ1) is 17.8. The maximum absolute atomic E-state index is 14.9. The van der Waals surface area contributed by atoms with Crippen molar-refractivity contribution in [2.45, 2.75) is 70.1 Å². The number of hydrogen-bond acceptors (Lipinski definition) is 5. The lowest BCUT2D eigenvalue weighted by Gasteiger charge is -2.32. The molecule has 0 fully saturated rings. The number of hydrogen-bond donors (Lipinski definition) is 1. The van der Waals surface area contributed by atoms with Crippen LogP contribution in [0.15, 0.2) is 46.2 Å². The maximum atomic E-state index is 14.9. The molecule has 4 rings (SSSR count). The second-order valence-electron chi connectivity index (χ2n) is 10.3. The minimum atomic E-state index is -4.47. The minimum Gasteiger partial charge on any atom is -0.391 e. The van der Waals surface area contributed by atoms with Gasteiger partial charge in [0, 0.05) is 38.5 Å². The lowest BCUT2D eigenvalue weighted by Crippen LogP contribution is -2.48. The number of aromatic nitrogens is 1. The van der Waals surface area contributed by atoms with Crippen LogP contribution >= 0.6 is 0 Å². The Morgan fingerprint density at radius 2 is 1.79 bits per heavy atom. The van der Waals surface area contributed by atoms with E-state index in [0.717, 1.165) is 18.6 Å². The van der Waals surface area contributed by atoms with Crippen molar-refractivity contribution in [2.24, 2.45) is 4.99 Å². The van der Waals surface area contributed by atoms with Crippen molar-refractivity contribution in [3.05, 3.63) is 63.6 Å². The summed E-state index contributed by atoms with van der Waals surface area (Å²) >= 11 is 0. The fraction of sp³-hybridized carbons (Fsp3) is 0.519. The maximum Gasteiger partial charge on any atom is 0.416 e. The molecule has 11 heteroatoms. The summed E-state index contributed by atoms with van der Waals surface area (Å²) in [6.45, 7) is 6.44. The summed E-state index contributed by atoms with van der Waals surface area (Å²) in [7, 11) is 0. The number of amides is 1. The van der Waals surface area contributed by atoms with Crippen LogP contribution in [0, 0.1) is 0 Å².